The van der Waals surface area contributed by atoms with Gasteiger partial charge >= 0.3 is 0 Å². The standard InChI is InChI=1S/C15H27NO2/c1-12(17)10-14-8-4-5-9-16(14)11-15(18)13-6-2-3-7-13/h12-14,17H,2-11H2,1H3. The second kappa shape index (κ2) is 6.67. The van der Waals surface area contributed by atoms with E-state index in [4.69, 9.17) is 0 Å². The number of hydrogen-bond donors (Lipinski definition) is 1. The van der Waals surface area contributed by atoms with E-state index in [9.17, 15) is 9.90 Å². The van der Waals surface area contributed by atoms with Crippen molar-refractivity contribution in [3.05, 3.63) is 0 Å². The summed E-state index contributed by atoms with van der Waals surface area (Å²) in [5.41, 5.74) is 0. The quantitative estimate of drug-likeness (QED) is 0.818. The van der Waals surface area contributed by atoms with E-state index in [1.54, 1.807) is 0 Å². The zero-order valence-corrected chi connectivity index (χ0v) is 11.6. The molecule has 0 spiro atoms. The molecule has 1 N–H and O–H groups in total. The van der Waals surface area contributed by atoms with Crippen molar-refractivity contribution in [2.45, 2.75) is 70.4 Å². The first-order valence-corrected chi connectivity index (χ1v) is 7.61. The summed E-state index contributed by atoms with van der Waals surface area (Å²) >= 11 is 0. The summed E-state index contributed by atoms with van der Waals surface area (Å²) in [7, 11) is 0. The maximum absolute atomic E-state index is 12.2. The van der Waals surface area contributed by atoms with E-state index in [1.165, 1.54) is 25.7 Å². The van der Waals surface area contributed by atoms with Gasteiger partial charge in [0.2, 0.25) is 0 Å². The summed E-state index contributed by atoms with van der Waals surface area (Å²) in [5.74, 6) is 0.782. The molecule has 1 aliphatic heterocycles. The largest absolute Gasteiger partial charge is 0.393 e. The fourth-order valence-corrected chi connectivity index (χ4v) is 3.51. The lowest BCUT2D eigenvalue weighted by Gasteiger charge is -2.36. The number of rotatable bonds is 5. The van der Waals surface area contributed by atoms with Gasteiger partial charge in [-0.2, -0.15) is 0 Å². The van der Waals surface area contributed by atoms with Gasteiger partial charge < -0.3 is 5.11 Å². The zero-order valence-electron chi connectivity index (χ0n) is 11.6. The highest BCUT2D eigenvalue weighted by Gasteiger charge is 2.29. The summed E-state index contributed by atoms with van der Waals surface area (Å²) < 4.78 is 0. The molecule has 0 aromatic heterocycles. The Balaban J connectivity index is 1.86. The van der Waals surface area contributed by atoms with Crippen LogP contribution < -0.4 is 0 Å². The van der Waals surface area contributed by atoms with Crippen molar-refractivity contribution >= 4 is 5.78 Å². The number of carbonyl (C=O) groups is 1. The van der Waals surface area contributed by atoms with Gasteiger partial charge in [-0.15, -0.1) is 0 Å². The van der Waals surface area contributed by atoms with Crippen LogP contribution in [0.4, 0.5) is 0 Å². The molecule has 3 nitrogen and oxygen atoms in total. The van der Waals surface area contributed by atoms with Gasteiger partial charge in [-0.1, -0.05) is 19.3 Å². The minimum atomic E-state index is -0.253. The van der Waals surface area contributed by atoms with E-state index in [1.807, 2.05) is 6.92 Å². The van der Waals surface area contributed by atoms with Crippen molar-refractivity contribution < 1.29 is 9.90 Å². The molecule has 0 radical (unpaired) electrons. The Morgan fingerprint density at radius 3 is 2.56 bits per heavy atom. The van der Waals surface area contributed by atoms with E-state index in [0.29, 0.717) is 24.3 Å². The molecule has 1 aliphatic carbocycles. The van der Waals surface area contributed by atoms with Crippen LogP contribution in [0, 0.1) is 5.92 Å². The number of ketones is 1. The van der Waals surface area contributed by atoms with Crippen LogP contribution in [0.1, 0.15) is 58.3 Å². The fourth-order valence-electron chi connectivity index (χ4n) is 3.51. The van der Waals surface area contributed by atoms with Gasteiger partial charge in [-0.25, -0.2) is 0 Å². The van der Waals surface area contributed by atoms with Crippen molar-refractivity contribution in [1.29, 1.82) is 0 Å². The average molecular weight is 253 g/mol. The van der Waals surface area contributed by atoms with Gasteiger partial charge in [0.1, 0.15) is 5.78 Å². The Morgan fingerprint density at radius 1 is 1.22 bits per heavy atom. The SMILES string of the molecule is CC(O)CC1CCCCN1CC(=O)C1CCCC1. The van der Waals surface area contributed by atoms with Gasteiger partial charge in [-0.3, -0.25) is 9.69 Å². The lowest BCUT2D eigenvalue weighted by molar-refractivity contribution is -0.125. The maximum atomic E-state index is 12.2. The fraction of sp³-hybridized carbons (Fsp3) is 0.933. The molecule has 2 rings (SSSR count). The van der Waals surface area contributed by atoms with Crippen LogP contribution in [0.25, 0.3) is 0 Å². The summed E-state index contributed by atoms with van der Waals surface area (Å²) in [6.45, 7) is 3.52. The highest BCUT2D eigenvalue weighted by Crippen LogP contribution is 2.27. The van der Waals surface area contributed by atoms with E-state index in [2.05, 4.69) is 4.90 Å². The number of likely N-dealkylation sites (tertiary alicyclic amines) is 1. The second-order valence-corrected chi connectivity index (χ2v) is 6.15. The lowest BCUT2D eigenvalue weighted by Crippen LogP contribution is -2.44. The molecule has 2 fully saturated rings. The van der Waals surface area contributed by atoms with Gasteiger partial charge in [-0.05, 0) is 45.6 Å². The number of carbonyl (C=O) groups excluding carboxylic acids is 1. The van der Waals surface area contributed by atoms with Crippen LogP contribution in [-0.2, 0) is 4.79 Å². The summed E-state index contributed by atoms with van der Waals surface area (Å²) in [5, 5.41) is 9.56. The van der Waals surface area contributed by atoms with Gasteiger partial charge in [0, 0.05) is 12.0 Å². The van der Waals surface area contributed by atoms with Crippen LogP contribution >= 0.6 is 0 Å². The van der Waals surface area contributed by atoms with Crippen molar-refractivity contribution in [2.75, 3.05) is 13.1 Å². The number of Topliss-reactive ketones (excluding diaryl/α,β-unsaturated/α-hetero) is 1. The number of aliphatic hydroxyl groups is 1. The lowest BCUT2D eigenvalue weighted by atomic mass is 9.95. The number of aliphatic hydroxyl groups excluding tert-OH is 1. The molecule has 2 unspecified atom stereocenters. The van der Waals surface area contributed by atoms with Crippen molar-refractivity contribution in [3.8, 4) is 0 Å². The van der Waals surface area contributed by atoms with Crippen molar-refractivity contribution in [1.82, 2.24) is 4.90 Å². The molecule has 0 aromatic carbocycles. The molecule has 0 amide bonds. The first-order valence-electron chi connectivity index (χ1n) is 7.61. The smallest absolute Gasteiger partial charge is 0.149 e. The van der Waals surface area contributed by atoms with E-state index >= 15 is 0 Å². The highest BCUT2D eigenvalue weighted by molar-refractivity contribution is 5.83. The highest BCUT2D eigenvalue weighted by atomic mass is 16.3. The molecule has 18 heavy (non-hydrogen) atoms. The molecular weight excluding hydrogens is 226 g/mol. The van der Waals surface area contributed by atoms with Gasteiger partial charge in [0.15, 0.2) is 0 Å². The molecular formula is C15H27NO2. The minimum absolute atomic E-state index is 0.253. The van der Waals surface area contributed by atoms with Crippen LogP contribution in [-0.4, -0.2) is 41.0 Å². The van der Waals surface area contributed by atoms with E-state index in [-0.39, 0.29) is 6.10 Å². The van der Waals surface area contributed by atoms with Crippen LogP contribution in [0.3, 0.4) is 0 Å². The molecule has 1 heterocycles. The molecule has 2 aliphatic rings. The topological polar surface area (TPSA) is 40.5 Å². The van der Waals surface area contributed by atoms with Gasteiger partial charge in [0.25, 0.3) is 0 Å². The molecule has 104 valence electrons. The number of nitrogens with zero attached hydrogens (tertiary/aromatic N) is 1. The Kier molecular flexibility index (Phi) is 5.19. The van der Waals surface area contributed by atoms with Crippen molar-refractivity contribution in [3.63, 3.8) is 0 Å². The van der Waals surface area contributed by atoms with Crippen molar-refractivity contribution in [2.24, 2.45) is 5.92 Å². The predicted molar refractivity (Wildman–Crippen MR) is 72.5 cm³/mol. The zero-order chi connectivity index (χ0) is 13.0. The number of piperidine rings is 1. The third-order valence-electron chi connectivity index (χ3n) is 4.53. The third-order valence-corrected chi connectivity index (χ3v) is 4.53. The minimum Gasteiger partial charge on any atom is -0.393 e. The Labute approximate surface area is 111 Å². The van der Waals surface area contributed by atoms with Gasteiger partial charge in [0.05, 0.1) is 12.6 Å². The Morgan fingerprint density at radius 2 is 1.89 bits per heavy atom. The molecule has 1 saturated carbocycles. The predicted octanol–water partition coefficient (Wildman–Crippen LogP) is 2.37. The molecule has 0 aromatic rings. The normalized spacial score (nSPS) is 28.4. The summed E-state index contributed by atoms with van der Waals surface area (Å²) in [6.07, 6.45) is 8.82. The first kappa shape index (κ1) is 14.0. The summed E-state index contributed by atoms with van der Waals surface area (Å²) in [6, 6.07) is 0.420. The van der Waals surface area contributed by atoms with E-state index < -0.39 is 0 Å². The Bertz CT molecular complexity index is 272. The Hall–Kier alpha value is -0.410. The van der Waals surface area contributed by atoms with E-state index in [0.717, 1.165) is 32.2 Å². The third kappa shape index (κ3) is 3.79. The molecule has 1 saturated heterocycles. The first-order chi connectivity index (χ1) is 8.66. The van der Waals surface area contributed by atoms with Crippen LogP contribution in [0.2, 0.25) is 0 Å². The van der Waals surface area contributed by atoms with Crippen LogP contribution in [0.5, 0.6) is 0 Å². The van der Waals surface area contributed by atoms with Crippen LogP contribution in [0.15, 0.2) is 0 Å². The average Bonchev–Trinajstić information content (AvgIpc) is 2.84. The monoisotopic (exact) mass is 253 g/mol. The molecule has 3 heteroatoms. The molecule has 2 atom stereocenters. The second-order valence-electron chi connectivity index (χ2n) is 6.15. The number of hydrogen-bond acceptors (Lipinski definition) is 3. The maximum Gasteiger partial charge on any atom is 0.149 e. The summed E-state index contributed by atoms with van der Waals surface area (Å²) in [4.78, 5) is 14.6. The molecule has 0 bridgehead atoms.